The molecule has 0 spiro atoms. The monoisotopic (exact) mass is 352 g/mol. The largest absolute Gasteiger partial charge is 0.378 e. The highest BCUT2D eigenvalue weighted by Gasteiger charge is 2.11. The second-order valence-corrected chi connectivity index (χ2v) is 5.65. The summed E-state index contributed by atoms with van der Waals surface area (Å²) >= 11 is 3.16. The van der Waals surface area contributed by atoms with E-state index in [1.807, 2.05) is 13.8 Å². The van der Waals surface area contributed by atoms with Crippen LogP contribution in [0.1, 0.15) is 24.1 Å². The number of benzene rings is 2. The topological polar surface area (TPSA) is 55.2 Å². The van der Waals surface area contributed by atoms with E-state index in [4.69, 9.17) is 0 Å². The fraction of sp³-hybridized carbons (Fsp3) is 0.200. The summed E-state index contributed by atoms with van der Waals surface area (Å²) in [6.07, 6.45) is 0. The maximum Gasteiger partial charge on any atom is 0.269 e. The summed E-state index contributed by atoms with van der Waals surface area (Å²) in [6, 6.07) is 9.46. The van der Waals surface area contributed by atoms with Gasteiger partial charge < -0.3 is 5.32 Å². The Balaban J connectivity index is 2.19. The number of hydrogen-bond donors (Lipinski definition) is 1. The standard InChI is InChI=1S/C15H14BrFN2O2/c1-9-7-14(17)13(16)8-15(9)18-10(2)11-3-5-12(6-4-11)19(20)21/h3-8,10,18H,1-2H3. The van der Waals surface area contributed by atoms with Gasteiger partial charge in [0.1, 0.15) is 5.82 Å². The van der Waals surface area contributed by atoms with Gasteiger partial charge in [0.05, 0.1) is 9.40 Å². The lowest BCUT2D eigenvalue weighted by atomic mass is 10.1. The van der Waals surface area contributed by atoms with Gasteiger partial charge in [-0.1, -0.05) is 12.1 Å². The van der Waals surface area contributed by atoms with E-state index in [-0.39, 0.29) is 17.5 Å². The number of halogens is 2. The predicted octanol–water partition coefficient (Wildman–Crippen LogP) is 4.98. The molecule has 4 nitrogen and oxygen atoms in total. The smallest absolute Gasteiger partial charge is 0.269 e. The molecule has 0 fully saturated rings. The van der Waals surface area contributed by atoms with Crippen molar-refractivity contribution in [1.82, 2.24) is 0 Å². The molecule has 0 saturated heterocycles. The first-order valence-electron chi connectivity index (χ1n) is 6.35. The van der Waals surface area contributed by atoms with Crippen molar-refractivity contribution < 1.29 is 9.31 Å². The Morgan fingerprint density at radius 2 is 1.90 bits per heavy atom. The van der Waals surface area contributed by atoms with E-state index in [1.54, 1.807) is 18.2 Å². The number of rotatable bonds is 4. The molecule has 0 aromatic heterocycles. The van der Waals surface area contributed by atoms with Crippen LogP contribution < -0.4 is 5.32 Å². The molecule has 6 heteroatoms. The lowest BCUT2D eigenvalue weighted by molar-refractivity contribution is -0.384. The molecule has 1 unspecified atom stereocenters. The van der Waals surface area contributed by atoms with E-state index in [2.05, 4.69) is 21.2 Å². The number of nitrogens with zero attached hydrogens (tertiary/aromatic N) is 1. The summed E-state index contributed by atoms with van der Waals surface area (Å²) in [4.78, 5) is 10.2. The zero-order valence-corrected chi connectivity index (χ0v) is 13.1. The van der Waals surface area contributed by atoms with Gasteiger partial charge in [-0.3, -0.25) is 10.1 Å². The molecule has 0 bridgehead atoms. The summed E-state index contributed by atoms with van der Waals surface area (Å²) in [7, 11) is 0. The molecule has 0 aliphatic rings. The van der Waals surface area contributed by atoms with Gasteiger partial charge in [-0.25, -0.2) is 4.39 Å². The van der Waals surface area contributed by atoms with E-state index in [0.29, 0.717) is 4.47 Å². The van der Waals surface area contributed by atoms with Crippen LogP contribution in [0.2, 0.25) is 0 Å². The molecule has 2 rings (SSSR count). The molecule has 2 aromatic carbocycles. The molecule has 0 heterocycles. The predicted molar refractivity (Wildman–Crippen MR) is 84.0 cm³/mol. The first-order valence-corrected chi connectivity index (χ1v) is 7.14. The molecule has 21 heavy (non-hydrogen) atoms. The Labute approximate surface area is 130 Å². The Hall–Kier alpha value is -1.95. The van der Waals surface area contributed by atoms with E-state index in [9.17, 15) is 14.5 Å². The number of nitro benzene ring substituents is 1. The normalized spacial score (nSPS) is 12.0. The van der Waals surface area contributed by atoms with Crippen molar-refractivity contribution in [2.75, 3.05) is 5.32 Å². The summed E-state index contributed by atoms with van der Waals surface area (Å²) in [6.45, 7) is 3.76. The third-order valence-electron chi connectivity index (χ3n) is 3.24. The summed E-state index contributed by atoms with van der Waals surface area (Å²) in [5, 5.41) is 13.9. The molecule has 1 N–H and O–H groups in total. The number of nitro groups is 1. The first kappa shape index (κ1) is 15.4. The molecule has 0 aliphatic heterocycles. The highest BCUT2D eigenvalue weighted by molar-refractivity contribution is 9.10. The van der Waals surface area contributed by atoms with Gasteiger partial charge in [0.25, 0.3) is 5.69 Å². The van der Waals surface area contributed by atoms with Crippen molar-refractivity contribution in [2.45, 2.75) is 19.9 Å². The fourth-order valence-electron chi connectivity index (χ4n) is 2.00. The van der Waals surface area contributed by atoms with Gasteiger partial charge in [-0.05, 0) is 53.0 Å². The Kier molecular flexibility index (Phi) is 4.57. The average molecular weight is 353 g/mol. The van der Waals surface area contributed by atoms with Crippen LogP contribution in [-0.2, 0) is 0 Å². The van der Waals surface area contributed by atoms with E-state index < -0.39 is 4.92 Å². The van der Waals surface area contributed by atoms with Crippen molar-refractivity contribution in [2.24, 2.45) is 0 Å². The Morgan fingerprint density at radius 3 is 2.48 bits per heavy atom. The zero-order valence-electron chi connectivity index (χ0n) is 11.6. The van der Waals surface area contributed by atoms with Crippen LogP contribution >= 0.6 is 15.9 Å². The van der Waals surface area contributed by atoms with Crippen LogP contribution in [0.25, 0.3) is 0 Å². The van der Waals surface area contributed by atoms with Crippen LogP contribution in [-0.4, -0.2) is 4.92 Å². The van der Waals surface area contributed by atoms with Crippen molar-refractivity contribution in [3.63, 3.8) is 0 Å². The fourth-order valence-corrected chi connectivity index (χ4v) is 2.35. The van der Waals surface area contributed by atoms with E-state index in [0.717, 1.165) is 16.8 Å². The minimum absolute atomic E-state index is 0.0538. The molecule has 2 aromatic rings. The number of aryl methyl sites for hydroxylation is 1. The molecule has 1 atom stereocenters. The lowest BCUT2D eigenvalue weighted by Gasteiger charge is -2.18. The van der Waals surface area contributed by atoms with Crippen molar-refractivity contribution in [1.29, 1.82) is 0 Å². The highest BCUT2D eigenvalue weighted by Crippen LogP contribution is 2.28. The van der Waals surface area contributed by atoms with Crippen molar-refractivity contribution >= 4 is 27.3 Å². The lowest BCUT2D eigenvalue weighted by Crippen LogP contribution is -2.08. The zero-order chi connectivity index (χ0) is 15.6. The van der Waals surface area contributed by atoms with Crippen molar-refractivity contribution in [3.8, 4) is 0 Å². The maximum atomic E-state index is 13.4. The minimum atomic E-state index is -0.427. The van der Waals surface area contributed by atoms with Gasteiger partial charge in [0, 0.05) is 23.9 Å². The first-order chi connectivity index (χ1) is 9.88. The third-order valence-corrected chi connectivity index (χ3v) is 3.85. The second kappa shape index (κ2) is 6.22. The van der Waals surface area contributed by atoms with Gasteiger partial charge >= 0.3 is 0 Å². The molecular formula is C15H14BrFN2O2. The van der Waals surface area contributed by atoms with Crippen LogP contribution in [0.15, 0.2) is 40.9 Å². The van der Waals surface area contributed by atoms with Crippen LogP contribution in [0.5, 0.6) is 0 Å². The van der Waals surface area contributed by atoms with E-state index >= 15 is 0 Å². The molecule has 0 saturated carbocycles. The number of nitrogens with one attached hydrogen (secondary N) is 1. The molecule has 110 valence electrons. The van der Waals surface area contributed by atoms with Crippen LogP contribution in [0.4, 0.5) is 15.8 Å². The van der Waals surface area contributed by atoms with Gasteiger partial charge in [0.2, 0.25) is 0 Å². The van der Waals surface area contributed by atoms with Crippen LogP contribution in [0, 0.1) is 22.9 Å². The van der Waals surface area contributed by atoms with Gasteiger partial charge in [-0.15, -0.1) is 0 Å². The minimum Gasteiger partial charge on any atom is -0.378 e. The number of non-ortho nitro benzene ring substituents is 1. The second-order valence-electron chi connectivity index (χ2n) is 4.80. The van der Waals surface area contributed by atoms with Gasteiger partial charge in [0.15, 0.2) is 0 Å². The highest BCUT2D eigenvalue weighted by atomic mass is 79.9. The molecule has 0 radical (unpaired) electrons. The van der Waals surface area contributed by atoms with Crippen molar-refractivity contribution in [3.05, 3.63) is 67.9 Å². The molecular weight excluding hydrogens is 339 g/mol. The summed E-state index contributed by atoms with van der Waals surface area (Å²) in [5.74, 6) is -0.305. The summed E-state index contributed by atoms with van der Waals surface area (Å²) in [5.41, 5.74) is 2.59. The number of anilines is 1. The maximum absolute atomic E-state index is 13.4. The van der Waals surface area contributed by atoms with Crippen LogP contribution in [0.3, 0.4) is 0 Å². The quantitative estimate of drug-likeness (QED) is 0.623. The Morgan fingerprint density at radius 1 is 1.29 bits per heavy atom. The molecule has 0 aliphatic carbocycles. The van der Waals surface area contributed by atoms with E-state index in [1.165, 1.54) is 18.2 Å². The average Bonchev–Trinajstić information content (AvgIpc) is 2.44. The summed E-state index contributed by atoms with van der Waals surface area (Å²) < 4.78 is 13.8. The SMILES string of the molecule is Cc1cc(F)c(Br)cc1NC(C)c1ccc([N+](=O)[O-])cc1. The number of hydrogen-bond acceptors (Lipinski definition) is 3. The Bertz CT molecular complexity index is 674. The van der Waals surface area contributed by atoms with Gasteiger partial charge in [-0.2, -0.15) is 0 Å². The molecule has 0 amide bonds. The third kappa shape index (κ3) is 3.58.